The van der Waals surface area contributed by atoms with Crippen LogP contribution in [0.1, 0.15) is 42.5 Å². The fourth-order valence-corrected chi connectivity index (χ4v) is 4.24. The van der Waals surface area contributed by atoms with Crippen LogP contribution in [0.4, 0.5) is 17.6 Å². The zero-order valence-electron chi connectivity index (χ0n) is 21.3. The summed E-state index contributed by atoms with van der Waals surface area (Å²) in [5, 5.41) is 19.1. The highest BCUT2D eigenvalue weighted by Gasteiger charge is 2.34. The maximum Gasteiger partial charge on any atom is 0.419 e. The summed E-state index contributed by atoms with van der Waals surface area (Å²) in [5.41, 5.74) is -1.30. The summed E-state index contributed by atoms with van der Waals surface area (Å²) < 4.78 is 69.6. The third-order valence-electron chi connectivity index (χ3n) is 6.10. The van der Waals surface area contributed by atoms with Crippen molar-refractivity contribution in [1.82, 2.24) is 15.2 Å². The average molecular weight is 548 g/mol. The van der Waals surface area contributed by atoms with Gasteiger partial charge in [-0.25, -0.2) is 4.39 Å². The topological polar surface area (TPSA) is 110 Å². The Morgan fingerprint density at radius 2 is 1.72 bits per heavy atom. The van der Waals surface area contributed by atoms with Crippen molar-refractivity contribution in [3.63, 3.8) is 0 Å². The number of unbranched alkanes of at least 4 members (excludes halogenated alkanes) is 1. The maximum atomic E-state index is 13.7. The van der Waals surface area contributed by atoms with Gasteiger partial charge in [-0.3, -0.25) is 4.79 Å². The number of H-pyrrole nitrogens is 1. The minimum absolute atomic E-state index is 0.0615. The summed E-state index contributed by atoms with van der Waals surface area (Å²) in [4.78, 5) is 15.9. The van der Waals surface area contributed by atoms with E-state index in [1.807, 2.05) is 6.92 Å². The summed E-state index contributed by atoms with van der Waals surface area (Å²) >= 11 is 0. The van der Waals surface area contributed by atoms with Crippen molar-refractivity contribution in [2.75, 3.05) is 14.2 Å². The van der Waals surface area contributed by atoms with Gasteiger partial charge in [0.15, 0.2) is 0 Å². The molecule has 8 nitrogen and oxygen atoms in total. The number of hydrogen-bond acceptors (Lipinski definition) is 7. The Labute approximate surface area is 220 Å². The first-order chi connectivity index (χ1) is 18.6. The Balaban J connectivity index is 1.82. The molecule has 12 heteroatoms. The van der Waals surface area contributed by atoms with Crippen LogP contribution < -0.4 is 15.0 Å². The normalized spacial score (nSPS) is 11.6. The number of methoxy groups -OCH3 is 2. The number of aromatic hydroxyl groups is 1. The first kappa shape index (κ1) is 27.7. The van der Waals surface area contributed by atoms with Crippen molar-refractivity contribution in [3.8, 4) is 39.8 Å². The zero-order valence-corrected chi connectivity index (χ0v) is 21.3. The van der Waals surface area contributed by atoms with Gasteiger partial charge in [0, 0.05) is 5.69 Å². The molecule has 0 unspecified atom stereocenters. The molecule has 2 heterocycles. The van der Waals surface area contributed by atoms with Crippen molar-refractivity contribution in [3.05, 3.63) is 75.3 Å². The number of nitrogens with zero attached hydrogens (tertiary/aromatic N) is 2. The molecule has 0 saturated carbocycles. The Bertz CT molecular complexity index is 1520. The number of pyridine rings is 1. The van der Waals surface area contributed by atoms with E-state index >= 15 is 0 Å². The van der Waals surface area contributed by atoms with E-state index in [4.69, 9.17) is 13.9 Å². The minimum atomic E-state index is -4.88. The minimum Gasteiger partial charge on any atom is -0.506 e. The molecule has 2 aromatic carbocycles. The van der Waals surface area contributed by atoms with Gasteiger partial charge >= 0.3 is 6.18 Å². The molecule has 4 rings (SSSR count). The zero-order chi connectivity index (χ0) is 28.3. The highest BCUT2D eigenvalue weighted by molar-refractivity contribution is 5.86. The summed E-state index contributed by atoms with van der Waals surface area (Å²) in [6.45, 7) is 1.98. The fourth-order valence-electron chi connectivity index (χ4n) is 4.24. The van der Waals surface area contributed by atoms with Gasteiger partial charge in [0.05, 0.1) is 37.3 Å². The summed E-state index contributed by atoms with van der Waals surface area (Å²) in [6, 6.07) is 7.57. The molecule has 0 aliphatic carbocycles. The van der Waals surface area contributed by atoms with Crippen molar-refractivity contribution in [1.29, 1.82) is 0 Å². The van der Waals surface area contributed by atoms with Gasteiger partial charge in [0.1, 0.15) is 28.6 Å². The van der Waals surface area contributed by atoms with Crippen molar-refractivity contribution >= 4 is 0 Å². The lowest BCUT2D eigenvalue weighted by Gasteiger charge is -2.18. The molecule has 0 amide bonds. The van der Waals surface area contributed by atoms with Gasteiger partial charge in [-0.2, -0.15) is 13.2 Å². The molecule has 0 aliphatic rings. The lowest BCUT2D eigenvalue weighted by Crippen LogP contribution is -2.14. The smallest absolute Gasteiger partial charge is 0.419 e. The van der Waals surface area contributed by atoms with Crippen LogP contribution in [0.3, 0.4) is 0 Å². The molecule has 4 aromatic rings. The second kappa shape index (κ2) is 11.2. The Morgan fingerprint density at radius 3 is 2.33 bits per heavy atom. The van der Waals surface area contributed by atoms with E-state index in [1.165, 1.54) is 14.2 Å². The third kappa shape index (κ3) is 5.59. The van der Waals surface area contributed by atoms with Gasteiger partial charge in [0.25, 0.3) is 11.4 Å². The third-order valence-corrected chi connectivity index (χ3v) is 6.10. The molecule has 206 valence electrons. The molecule has 0 radical (unpaired) electrons. The maximum absolute atomic E-state index is 13.7. The van der Waals surface area contributed by atoms with Gasteiger partial charge in [-0.05, 0) is 42.7 Å². The van der Waals surface area contributed by atoms with Crippen LogP contribution in [0.15, 0.2) is 45.6 Å². The number of nitrogens with one attached hydrogen (secondary N) is 1. The Hall–Kier alpha value is -4.35. The van der Waals surface area contributed by atoms with Crippen molar-refractivity contribution in [2.45, 2.75) is 38.8 Å². The second-order valence-corrected chi connectivity index (χ2v) is 8.66. The van der Waals surface area contributed by atoms with E-state index in [1.54, 1.807) is 18.2 Å². The van der Waals surface area contributed by atoms with E-state index in [0.717, 1.165) is 12.5 Å². The van der Waals surface area contributed by atoms with Crippen molar-refractivity contribution in [2.24, 2.45) is 0 Å². The predicted molar refractivity (Wildman–Crippen MR) is 133 cm³/mol. The summed E-state index contributed by atoms with van der Waals surface area (Å²) in [7, 11) is 2.91. The Morgan fingerprint density at radius 1 is 1.03 bits per heavy atom. The molecule has 0 bridgehead atoms. The van der Waals surface area contributed by atoms with Crippen LogP contribution >= 0.6 is 0 Å². The highest BCUT2D eigenvalue weighted by atomic mass is 19.4. The van der Waals surface area contributed by atoms with Crippen LogP contribution in [-0.2, 0) is 19.0 Å². The molecular formula is C27H25F4N3O5. The number of halogens is 4. The Kier molecular flexibility index (Phi) is 7.93. The number of rotatable bonds is 9. The number of hydrogen-bond donors (Lipinski definition) is 2. The summed E-state index contributed by atoms with van der Waals surface area (Å²) in [5.74, 6) is -1.60. The standard InChI is InChI=1S/C27H25F4N3O5/c1-4-5-7-17-21(22-18(37-2)8-6-9-19(22)38-3)24(35)23(25(36)32-17)26-34-33-20(39-26)13-14-10-11-16(28)15(12-14)27(29,30)31/h6,8-12H,4-5,7,13H2,1-3H3,(H2,32,35,36). The molecule has 0 aliphatic heterocycles. The van der Waals surface area contributed by atoms with Crippen LogP contribution in [0.2, 0.25) is 0 Å². The van der Waals surface area contributed by atoms with E-state index in [9.17, 15) is 27.5 Å². The molecule has 0 atom stereocenters. The molecular weight excluding hydrogens is 522 g/mol. The van der Waals surface area contributed by atoms with Crippen LogP contribution in [-0.4, -0.2) is 34.5 Å². The van der Waals surface area contributed by atoms with E-state index < -0.39 is 28.9 Å². The van der Waals surface area contributed by atoms with Gasteiger partial charge in [-0.15, -0.1) is 10.2 Å². The van der Waals surface area contributed by atoms with Crippen LogP contribution in [0.25, 0.3) is 22.6 Å². The van der Waals surface area contributed by atoms with Gasteiger partial charge in [0.2, 0.25) is 5.89 Å². The molecule has 39 heavy (non-hydrogen) atoms. The number of benzene rings is 2. The number of aryl methyl sites for hydroxylation is 1. The van der Waals surface area contributed by atoms with Gasteiger partial charge < -0.3 is 24.0 Å². The van der Waals surface area contributed by atoms with Gasteiger partial charge in [-0.1, -0.05) is 25.5 Å². The molecule has 0 spiro atoms. The number of aromatic amines is 1. The number of alkyl halides is 3. The van der Waals surface area contributed by atoms with E-state index in [2.05, 4.69) is 15.2 Å². The number of ether oxygens (including phenoxy) is 2. The molecule has 0 fully saturated rings. The quantitative estimate of drug-likeness (QED) is 0.251. The van der Waals surface area contributed by atoms with E-state index in [0.29, 0.717) is 47.7 Å². The lowest BCUT2D eigenvalue weighted by molar-refractivity contribution is -0.140. The summed E-state index contributed by atoms with van der Waals surface area (Å²) in [6.07, 6.45) is -3.19. The van der Waals surface area contributed by atoms with Crippen LogP contribution in [0.5, 0.6) is 17.2 Å². The fraction of sp³-hybridized carbons (Fsp3) is 0.296. The first-order valence-electron chi connectivity index (χ1n) is 12.0. The highest BCUT2D eigenvalue weighted by Crippen LogP contribution is 2.46. The van der Waals surface area contributed by atoms with E-state index in [-0.39, 0.29) is 34.9 Å². The second-order valence-electron chi connectivity index (χ2n) is 8.66. The molecule has 0 saturated heterocycles. The lowest BCUT2D eigenvalue weighted by atomic mass is 9.96. The monoisotopic (exact) mass is 547 g/mol. The average Bonchev–Trinajstić information content (AvgIpc) is 3.35. The SMILES string of the molecule is CCCCc1[nH]c(=O)c(-c2nnc(Cc3ccc(F)c(C(F)(F)F)c3)o2)c(O)c1-c1c(OC)cccc1OC. The largest absolute Gasteiger partial charge is 0.506 e. The predicted octanol–water partition coefficient (Wildman–Crippen LogP) is 5.91. The number of aromatic nitrogens is 3. The molecule has 2 N–H and O–H groups in total. The van der Waals surface area contributed by atoms with Crippen LogP contribution in [0, 0.1) is 5.82 Å². The van der Waals surface area contributed by atoms with Crippen molar-refractivity contribution < 1.29 is 36.6 Å². The first-order valence-corrected chi connectivity index (χ1v) is 12.0. The molecule has 2 aromatic heterocycles.